The van der Waals surface area contributed by atoms with Crippen LogP contribution in [0.3, 0.4) is 0 Å². The van der Waals surface area contributed by atoms with Crippen molar-refractivity contribution in [2.45, 2.75) is 26.7 Å². The Hall–Kier alpha value is -2.29. The molecular formula is C17H19N3. The van der Waals surface area contributed by atoms with Crippen LogP contribution in [0.4, 0.5) is 5.95 Å². The van der Waals surface area contributed by atoms with Gasteiger partial charge in [0.05, 0.1) is 16.7 Å². The maximum Gasteiger partial charge on any atom is 0.205 e. The van der Waals surface area contributed by atoms with E-state index in [9.17, 15) is 0 Å². The molecule has 102 valence electrons. The molecule has 0 fully saturated rings. The van der Waals surface area contributed by atoms with Crippen LogP contribution in [0.1, 0.15) is 24.5 Å². The van der Waals surface area contributed by atoms with E-state index in [1.54, 1.807) is 0 Å². The molecule has 1 aromatic heterocycles. The Labute approximate surface area is 119 Å². The number of hydrogen-bond acceptors (Lipinski definition) is 2. The predicted octanol–water partition coefficient (Wildman–Crippen LogP) is 3.87. The van der Waals surface area contributed by atoms with E-state index < -0.39 is 0 Å². The summed E-state index contributed by atoms with van der Waals surface area (Å²) in [6.07, 6.45) is 2.16. The third-order valence-corrected chi connectivity index (χ3v) is 3.66. The van der Waals surface area contributed by atoms with E-state index in [0.717, 1.165) is 29.6 Å². The number of fused-ring (bicyclic) bond motifs is 1. The predicted molar refractivity (Wildman–Crippen MR) is 84.2 cm³/mol. The number of aromatic nitrogens is 2. The molecule has 3 nitrogen and oxygen atoms in total. The number of hydrogen-bond donors (Lipinski definition) is 1. The Morgan fingerprint density at radius 3 is 2.70 bits per heavy atom. The zero-order valence-electron chi connectivity index (χ0n) is 11.9. The van der Waals surface area contributed by atoms with Crippen LogP contribution < -0.4 is 5.73 Å². The molecule has 0 spiro atoms. The van der Waals surface area contributed by atoms with Gasteiger partial charge in [-0.2, -0.15) is 0 Å². The van der Waals surface area contributed by atoms with Crippen molar-refractivity contribution in [1.29, 1.82) is 0 Å². The smallest absolute Gasteiger partial charge is 0.205 e. The van der Waals surface area contributed by atoms with Crippen molar-refractivity contribution in [1.82, 2.24) is 9.55 Å². The third kappa shape index (κ3) is 1.95. The van der Waals surface area contributed by atoms with Gasteiger partial charge in [0.2, 0.25) is 5.95 Å². The van der Waals surface area contributed by atoms with Crippen LogP contribution in [-0.2, 0) is 6.42 Å². The Kier molecular flexibility index (Phi) is 3.18. The van der Waals surface area contributed by atoms with Gasteiger partial charge in [-0.1, -0.05) is 43.7 Å². The summed E-state index contributed by atoms with van der Waals surface area (Å²) in [6, 6.07) is 14.6. The lowest BCUT2D eigenvalue weighted by Crippen LogP contribution is -2.04. The molecule has 20 heavy (non-hydrogen) atoms. The van der Waals surface area contributed by atoms with E-state index in [4.69, 9.17) is 5.73 Å². The van der Waals surface area contributed by atoms with Crippen LogP contribution in [0.5, 0.6) is 0 Å². The van der Waals surface area contributed by atoms with Gasteiger partial charge in [0.1, 0.15) is 0 Å². The maximum absolute atomic E-state index is 6.17. The van der Waals surface area contributed by atoms with Crippen molar-refractivity contribution in [2.24, 2.45) is 0 Å². The van der Waals surface area contributed by atoms with E-state index >= 15 is 0 Å². The van der Waals surface area contributed by atoms with E-state index in [1.807, 2.05) is 12.1 Å². The van der Waals surface area contributed by atoms with Gasteiger partial charge >= 0.3 is 0 Å². The molecule has 3 aromatic rings. The van der Waals surface area contributed by atoms with E-state index in [2.05, 4.69) is 53.7 Å². The summed E-state index contributed by atoms with van der Waals surface area (Å²) in [7, 11) is 0. The molecule has 0 aliphatic carbocycles. The van der Waals surface area contributed by atoms with Gasteiger partial charge in [0, 0.05) is 0 Å². The van der Waals surface area contributed by atoms with Crippen molar-refractivity contribution >= 4 is 17.0 Å². The molecule has 0 atom stereocenters. The molecule has 0 aliphatic heterocycles. The molecular weight excluding hydrogens is 246 g/mol. The Morgan fingerprint density at radius 1 is 1.10 bits per heavy atom. The lowest BCUT2D eigenvalue weighted by molar-refractivity contribution is 0.904. The summed E-state index contributed by atoms with van der Waals surface area (Å²) in [5.41, 5.74) is 11.9. The minimum Gasteiger partial charge on any atom is -0.369 e. The molecule has 0 unspecified atom stereocenters. The molecule has 3 rings (SSSR count). The van der Waals surface area contributed by atoms with Crippen LogP contribution in [0.25, 0.3) is 16.7 Å². The number of para-hydroxylation sites is 2. The van der Waals surface area contributed by atoms with Crippen LogP contribution in [-0.4, -0.2) is 9.55 Å². The average Bonchev–Trinajstić information content (AvgIpc) is 2.77. The molecule has 0 aliphatic rings. The fraction of sp³-hybridized carbons (Fsp3) is 0.235. The molecule has 1 heterocycles. The number of nitrogen functional groups attached to an aromatic ring is 1. The molecule has 0 bridgehead atoms. The average molecular weight is 265 g/mol. The Bertz CT molecular complexity index is 756. The monoisotopic (exact) mass is 265 g/mol. The van der Waals surface area contributed by atoms with Gasteiger partial charge < -0.3 is 5.73 Å². The van der Waals surface area contributed by atoms with Crippen molar-refractivity contribution in [3.8, 4) is 5.69 Å². The molecule has 0 saturated carbocycles. The Balaban J connectivity index is 2.32. The SMILES string of the molecule is CCCc1ccccc1-n1c(N)nc2cccc(C)c21. The quantitative estimate of drug-likeness (QED) is 0.781. The fourth-order valence-electron chi connectivity index (χ4n) is 2.77. The van der Waals surface area contributed by atoms with Crippen LogP contribution in [0, 0.1) is 6.92 Å². The van der Waals surface area contributed by atoms with Crippen molar-refractivity contribution in [3.63, 3.8) is 0 Å². The van der Waals surface area contributed by atoms with E-state index in [1.165, 1.54) is 11.1 Å². The number of anilines is 1. The summed E-state index contributed by atoms with van der Waals surface area (Å²) < 4.78 is 2.08. The normalized spacial score (nSPS) is 11.1. The highest BCUT2D eigenvalue weighted by atomic mass is 15.2. The number of rotatable bonds is 3. The van der Waals surface area contributed by atoms with E-state index in [0.29, 0.717) is 5.95 Å². The van der Waals surface area contributed by atoms with E-state index in [-0.39, 0.29) is 0 Å². The number of imidazole rings is 1. The number of aryl methyl sites for hydroxylation is 2. The minimum atomic E-state index is 0.554. The molecule has 0 saturated heterocycles. The van der Waals surface area contributed by atoms with Crippen LogP contribution in [0.2, 0.25) is 0 Å². The second-order valence-corrected chi connectivity index (χ2v) is 5.13. The van der Waals surface area contributed by atoms with Crippen molar-refractivity contribution < 1.29 is 0 Å². The second kappa shape index (κ2) is 5.00. The second-order valence-electron chi connectivity index (χ2n) is 5.13. The molecule has 0 amide bonds. The van der Waals surface area contributed by atoms with Crippen molar-refractivity contribution in [3.05, 3.63) is 53.6 Å². The van der Waals surface area contributed by atoms with Crippen LogP contribution in [0.15, 0.2) is 42.5 Å². The highest BCUT2D eigenvalue weighted by Crippen LogP contribution is 2.28. The van der Waals surface area contributed by atoms with Gasteiger partial charge in [0.15, 0.2) is 0 Å². The lowest BCUT2D eigenvalue weighted by Gasteiger charge is -2.13. The molecule has 2 aromatic carbocycles. The molecule has 2 N–H and O–H groups in total. The summed E-state index contributed by atoms with van der Waals surface area (Å²) in [4.78, 5) is 4.49. The van der Waals surface area contributed by atoms with Crippen LogP contribution >= 0.6 is 0 Å². The highest BCUT2D eigenvalue weighted by Gasteiger charge is 2.13. The standard InChI is InChI=1S/C17H19N3/c1-3-7-13-9-4-5-11-15(13)20-16-12(2)8-6-10-14(16)19-17(20)18/h4-6,8-11H,3,7H2,1-2H3,(H2,18,19). The minimum absolute atomic E-state index is 0.554. The van der Waals surface area contributed by atoms with Gasteiger partial charge in [-0.3, -0.25) is 4.57 Å². The number of nitrogens with zero attached hydrogens (tertiary/aromatic N) is 2. The lowest BCUT2D eigenvalue weighted by atomic mass is 10.1. The molecule has 0 radical (unpaired) electrons. The van der Waals surface area contributed by atoms with Gasteiger partial charge in [-0.25, -0.2) is 4.98 Å². The summed E-state index contributed by atoms with van der Waals surface area (Å²) in [5, 5.41) is 0. The molecule has 3 heteroatoms. The zero-order chi connectivity index (χ0) is 14.1. The van der Waals surface area contributed by atoms with Gasteiger partial charge in [-0.05, 0) is 36.6 Å². The summed E-state index contributed by atoms with van der Waals surface area (Å²) in [5.74, 6) is 0.554. The fourth-order valence-corrected chi connectivity index (χ4v) is 2.77. The van der Waals surface area contributed by atoms with Crippen molar-refractivity contribution in [2.75, 3.05) is 5.73 Å². The summed E-state index contributed by atoms with van der Waals surface area (Å²) >= 11 is 0. The first-order valence-electron chi connectivity index (χ1n) is 7.04. The van der Waals surface area contributed by atoms with Gasteiger partial charge in [-0.15, -0.1) is 0 Å². The summed E-state index contributed by atoms with van der Waals surface area (Å²) in [6.45, 7) is 4.29. The first kappa shape index (κ1) is 12.7. The number of benzene rings is 2. The Morgan fingerprint density at radius 2 is 1.90 bits per heavy atom. The maximum atomic E-state index is 6.17. The third-order valence-electron chi connectivity index (χ3n) is 3.66. The topological polar surface area (TPSA) is 43.8 Å². The highest BCUT2D eigenvalue weighted by molar-refractivity contribution is 5.84. The first-order valence-corrected chi connectivity index (χ1v) is 7.04. The zero-order valence-corrected chi connectivity index (χ0v) is 11.9. The first-order chi connectivity index (χ1) is 9.72. The largest absolute Gasteiger partial charge is 0.369 e. The number of nitrogens with two attached hydrogens (primary N) is 1. The van der Waals surface area contributed by atoms with Gasteiger partial charge in [0.25, 0.3) is 0 Å².